The van der Waals surface area contributed by atoms with Crippen molar-refractivity contribution < 1.29 is 9.90 Å². The molecule has 0 saturated heterocycles. The lowest BCUT2D eigenvalue weighted by Gasteiger charge is -1.99. The van der Waals surface area contributed by atoms with Gasteiger partial charge in [0, 0.05) is 25.0 Å². The first-order chi connectivity index (χ1) is 6.29. The molecule has 0 amide bonds. The predicted molar refractivity (Wildman–Crippen MR) is 49.5 cm³/mol. The van der Waals surface area contributed by atoms with Crippen molar-refractivity contribution in [1.29, 1.82) is 0 Å². The molecule has 68 valence electrons. The Morgan fingerprint density at radius 2 is 2.54 bits per heavy atom. The van der Waals surface area contributed by atoms with Crippen LogP contribution in [0.25, 0.3) is 0 Å². The number of hydrogen-bond acceptors (Lipinski definition) is 3. The number of carboxylic acid groups (broad SMARTS) is 1. The third-order valence-corrected chi connectivity index (χ3v) is 1.35. The third kappa shape index (κ3) is 3.91. The fourth-order valence-electron chi connectivity index (χ4n) is 0.804. The van der Waals surface area contributed by atoms with E-state index >= 15 is 0 Å². The Kier molecular flexibility index (Phi) is 3.50. The quantitative estimate of drug-likeness (QED) is 0.678. The van der Waals surface area contributed by atoms with Crippen molar-refractivity contribution in [3.63, 3.8) is 0 Å². The van der Waals surface area contributed by atoms with Crippen LogP contribution in [0.2, 0.25) is 0 Å². The van der Waals surface area contributed by atoms with Gasteiger partial charge in [0.05, 0.1) is 5.69 Å². The van der Waals surface area contributed by atoms with Crippen LogP contribution in [-0.2, 0) is 4.79 Å². The van der Waals surface area contributed by atoms with Crippen molar-refractivity contribution >= 4 is 11.7 Å². The Labute approximate surface area is 75.9 Å². The highest BCUT2D eigenvalue weighted by Gasteiger charge is 1.87. The van der Waals surface area contributed by atoms with Crippen LogP contribution in [0.15, 0.2) is 36.7 Å². The summed E-state index contributed by atoms with van der Waals surface area (Å²) in [6.45, 7) is 0.484. The maximum atomic E-state index is 10.1. The third-order valence-electron chi connectivity index (χ3n) is 1.35. The van der Waals surface area contributed by atoms with Gasteiger partial charge in [-0.1, -0.05) is 6.08 Å². The van der Waals surface area contributed by atoms with Crippen molar-refractivity contribution in [1.82, 2.24) is 4.98 Å². The smallest absolute Gasteiger partial charge is 0.328 e. The van der Waals surface area contributed by atoms with Crippen LogP contribution in [0.5, 0.6) is 0 Å². The van der Waals surface area contributed by atoms with Crippen LogP contribution in [-0.4, -0.2) is 22.6 Å². The zero-order valence-corrected chi connectivity index (χ0v) is 6.97. The molecule has 0 saturated carbocycles. The van der Waals surface area contributed by atoms with E-state index in [1.54, 1.807) is 12.4 Å². The van der Waals surface area contributed by atoms with Crippen molar-refractivity contribution in [3.05, 3.63) is 36.7 Å². The molecular formula is C9H10N2O2. The average molecular weight is 178 g/mol. The number of nitrogens with zero attached hydrogens (tertiary/aromatic N) is 1. The van der Waals surface area contributed by atoms with Crippen molar-refractivity contribution in [3.8, 4) is 0 Å². The summed E-state index contributed by atoms with van der Waals surface area (Å²) in [7, 11) is 0. The lowest BCUT2D eigenvalue weighted by Crippen LogP contribution is -1.99. The van der Waals surface area contributed by atoms with E-state index in [2.05, 4.69) is 10.3 Å². The van der Waals surface area contributed by atoms with E-state index in [-0.39, 0.29) is 0 Å². The minimum atomic E-state index is -0.937. The molecule has 0 spiro atoms. The number of aromatic nitrogens is 1. The summed E-state index contributed by atoms with van der Waals surface area (Å²) < 4.78 is 0. The van der Waals surface area contributed by atoms with Gasteiger partial charge >= 0.3 is 5.97 Å². The second-order valence-electron chi connectivity index (χ2n) is 2.36. The van der Waals surface area contributed by atoms with E-state index in [4.69, 9.17) is 5.11 Å². The average Bonchev–Trinajstić information content (AvgIpc) is 2.14. The first-order valence-electron chi connectivity index (χ1n) is 3.82. The molecule has 1 aromatic heterocycles. The standard InChI is InChI=1S/C9H10N2O2/c12-9(13)4-2-6-11-8-3-1-5-10-7-8/h1-5,7,11H,6H2,(H,12,13)/b4-2+. The first-order valence-corrected chi connectivity index (χ1v) is 3.82. The number of carbonyl (C=O) groups is 1. The van der Waals surface area contributed by atoms with Gasteiger partial charge in [-0.25, -0.2) is 4.79 Å². The van der Waals surface area contributed by atoms with E-state index in [0.717, 1.165) is 11.8 Å². The maximum Gasteiger partial charge on any atom is 0.328 e. The normalized spacial score (nSPS) is 10.2. The van der Waals surface area contributed by atoms with Crippen LogP contribution < -0.4 is 5.32 Å². The van der Waals surface area contributed by atoms with Gasteiger partial charge in [-0.15, -0.1) is 0 Å². The van der Waals surface area contributed by atoms with Crippen LogP contribution in [0.3, 0.4) is 0 Å². The second kappa shape index (κ2) is 4.92. The summed E-state index contributed by atoms with van der Waals surface area (Å²) in [5, 5.41) is 11.3. The van der Waals surface area contributed by atoms with Gasteiger partial charge < -0.3 is 10.4 Å². The predicted octanol–water partition coefficient (Wildman–Crippen LogP) is 1.13. The summed E-state index contributed by atoms with van der Waals surface area (Å²) in [6, 6.07) is 3.67. The van der Waals surface area contributed by atoms with E-state index in [1.165, 1.54) is 6.08 Å². The summed E-state index contributed by atoms with van der Waals surface area (Å²) in [5.41, 5.74) is 0.873. The molecule has 0 radical (unpaired) electrons. The molecule has 0 atom stereocenters. The zero-order valence-electron chi connectivity index (χ0n) is 6.97. The van der Waals surface area contributed by atoms with Crippen molar-refractivity contribution in [2.24, 2.45) is 0 Å². The first kappa shape index (κ1) is 9.25. The molecule has 0 aromatic carbocycles. The topological polar surface area (TPSA) is 62.2 Å². The zero-order chi connectivity index (χ0) is 9.52. The van der Waals surface area contributed by atoms with E-state index in [1.807, 2.05) is 12.1 Å². The van der Waals surface area contributed by atoms with Crippen LogP contribution in [0.1, 0.15) is 0 Å². The number of hydrogen-bond donors (Lipinski definition) is 2. The molecule has 1 heterocycles. The molecule has 4 nitrogen and oxygen atoms in total. The highest BCUT2D eigenvalue weighted by Crippen LogP contribution is 2.00. The molecule has 0 bridgehead atoms. The Morgan fingerprint density at radius 3 is 3.15 bits per heavy atom. The van der Waals surface area contributed by atoms with Gasteiger partial charge in [0.25, 0.3) is 0 Å². The molecule has 4 heteroatoms. The van der Waals surface area contributed by atoms with Gasteiger partial charge in [-0.05, 0) is 12.1 Å². The molecule has 0 unspecified atom stereocenters. The van der Waals surface area contributed by atoms with Gasteiger partial charge in [0.1, 0.15) is 0 Å². The minimum Gasteiger partial charge on any atom is -0.478 e. The molecule has 1 aromatic rings. The van der Waals surface area contributed by atoms with E-state index < -0.39 is 5.97 Å². The monoisotopic (exact) mass is 178 g/mol. The Balaban J connectivity index is 2.32. The molecule has 0 aliphatic carbocycles. The van der Waals surface area contributed by atoms with Crippen LogP contribution >= 0.6 is 0 Å². The van der Waals surface area contributed by atoms with Crippen molar-refractivity contribution in [2.45, 2.75) is 0 Å². The van der Waals surface area contributed by atoms with Crippen LogP contribution in [0, 0.1) is 0 Å². The molecule has 1 rings (SSSR count). The summed E-state index contributed by atoms with van der Waals surface area (Å²) in [4.78, 5) is 14.0. The fraction of sp³-hybridized carbons (Fsp3) is 0.111. The molecule has 13 heavy (non-hydrogen) atoms. The minimum absolute atomic E-state index is 0.484. The number of anilines is 1. The number of nitrogens with one attached hydrogen (secondary N) is 1. The molecule has 0 aliphatic heterocycles. The van der Waals surface area contributed by atoms with Gasteiger partial charge in [-0.2, -0.15) is 0 Å². The Morgan fingerprint density at radius 1 is 1.69 bits per heavy atom. The maximum absolute atomic E-state index is 10.1. The molecule has 2 N–H and O–H groups in total. The molecule has 0 fully saturated rings. The summed E-state index contributed by atoms with van der Waals surface area (Å²) in [6.07, 6.45) is 5.99. The fourth-order valence-corrected chi connectivity index (χ4v) is 0.804. The van der Waals surface area contributed by atoms with Gasteiger partial charge in [0.15, 0.2) is 0 Å². The van der Waals surface area contributed by atoms with Crippen molar-refractivity contribution in [2.75, 3.05) is 11.9 Å². The molecular weight excluding hydrogens is 168 g/mol. The Bertz CT molecular complexity index is 296. The second-order valence-corrected chi connectivity index (χ2v) is 2.36. The number of aliphatic carboxylic acids is 1. The SMILES string of the molecule is O=C(O)/C=C/CNc1cccnc1. The highest BCUT2D eigenvalue weighted by molar-refractivity contribution is 5.79. The molecule has 0 aliphatic rings. The Hall–Kier alpha value is -1.84. The summed E-state index contributed by atoms with van der Waals surface area (Å²) in [5.74, 6) is -0.937. The lowest BCUT2D eigenvalue weighted by atomic mass is 10.4. The lowest BCUT2D eigenvalue weighted by molar-refractivity contribution is -0.131. The van der Waals surface area contributed by atoms with E-state index in [0.29, 0.717) is 6.54 Å². The van der Waals surface area contributed by atoms with Crippen LogP contribution in [0.4, 0.5) is 5.69 Å². The van der Waals surface area contributed by atoms with Gasteiger partial charge in [-0.3, -0.25) is 4.98 Å². The number of rotatable bonds is 4. The highest BCUT2D eigenvalue weighted by atomic mass is 16.4. The van der Waals surface area contributed by atoms with E-state index in [9.17, 15) is 4.79 Å². The van der Waals surface area contributed by atoms with Gasteiger partial charge in [0.2, 0.25) is 0 Å². The number of carboxylic acids is 1. The summed E-state index contributed by atoms with van der Waals surface area (Å²) >= 11 is 0. The number of pyridine rings is 1. The largest absolute Gasteiger partial charge is 0.478 e.